The Bertz CT molecular complexity index is 378. The SMILES string of the molecule is C=C/C=C\C(=C)NCc1cc(C)ccn1. The maximum Gasteiger partial charge on any atom is 0.0597 e. The molecular weight excluding hydrogens is 184 g/mol. The number of pyridine rings is 1. The summed E-state index contributed by atoms with van der Waals surface area (Å²) >= 11 is 0. The molecule has 0 aliphatic heterocycles. The van der Waals surface area contributed by atoms with Gasteiger partial charge in [0.05, 0.1) is 12.2 Å². The van der Waals surface area contributed by atoms with E-state index in [1.807, 2.05) is 24.4 Å². The molecule has 2 heteroatoms. The smallest absolute Gasteiger partial charge is 0.0597 e. The average Bonchev–Trinajstić information content (AvgIpc) is 2.23. The van der Waals surface area contributed by atoms with Crippen LogP contribution in [-0.4, -0.2) is 4.98 Å². The van der Waals surface area contributed by atoms with Crippen molar-refractivity contribution in [3.05, 3.63) is 66.7 Å². The van der Waals surface area contributed by atoms with E-state index in [4.69, 9.17) is 0 Å². The Morgan fingerprint density at radius 1 is 1.60 bits per heavy atom. The van der Waals surface area contributed by atoms with Gasteiger partial charge in [-0.25, -0.2) is 0 Å². The fourth-order valence-electron chi connectivity index (χ4n) is 1.14. The minimum atomic E-state index is 0.696. The predicted octanol–water partition coefficient (Wildman–Crippen LogP) is 2.74. The van der Waals surface area contributed by atoms with Gasteiger partial charge < -0.3 is 5.32 Å². The van der Waals surface area contributed by atoms with Crippen molar-refractivity contribution >= 4 is 0 Å². The van der Waals surface area contributed by atoms with Gasteiger partial charge in [0.15, 0.2) is 0 Å². The lowest BCUT2D eigenvalue weighted by Crippen LogP contribution is -2.11. The summed E-state index contributed by atoms with van der Waals surface area (Å²) in [4.78, 5) is 4.24. The van der Waals surface area contributed by atoms with Crippen molar-refractivity contribution in [1.29, 1.82) is 0 Å². The second-order valence-electron chi connectivity index (χ2n) is 3.30. The van der Waals surface area contributed by atoms with Crippen LogP contribution in [0.3, 0.4) is 0 Å². The summed E-state index contributed by atoms with van der Waals surface area (Å²) in [5.41, 5.74) is 3.09. The first-order valence-corrected chi connectivity index (χ1v) is 4.86. The molecule has 0 unspecified atom stereocenters. The van der Waals surface area contributed by atoms with E-state index < -0.39 is 0 Å². The molecule has 1 aromatic rings. The monoisotopic (exact) mass is 200 g/mol. The van der Waals surface area contributed by atoms with E-state index >= 15 is 0 Å². The molecule has 1 rings (SSSR count). The zero-order valence-corrected chi connectivity index (χ0v) is 9.03. The maximum atomic E-state index is 4.24. The van der Waals surface area contributed by atoms with Crippen LogP contribution in [0.25, 0.3) is 0 Å². The van der Waals surface area contributed by atoms with Crippen LogP contribution in [-0.2, 0) is 6.54 Å². The molecule has 1 N–H and O–H groups in total. The van der Waals surface area contributed by atoms with Crippen molar-refractivity contribution in [1.82, 2.24) is 10.3 Å². The summed E-state index contributed by atoms with van der Waals surface area (Å²) in [6, 6.07) is 4.04. The zero-order chi connectivity index (χ0) is 11.1. The molecule has 0 fully saturated rings. The first-order chi connectivity index (χ1) is 7.22. The fourth-order valence-corrected chi connectivity index (χ4v) is 1.14. The topological polar surface area (TPSA) is 24.9 Å². The van der Waals surface area contributed by atoms with Crippen molar-refractivity contribution in [3.8, 4) is 0 Å². The van der Waals surface area contributed by atoms with Crippen LogP contribution in [0.4, 0.5) is 0 Å². The molecule has 0 saturated carbocycles. The average molecular weight is 200 g/mol. The number of aryl methyl sites for hydroxylation is 1. The van der Waals surface area contributed by atoms with Crippen LogP contribution in [0.15, 0.2) is 55.4 Å². The van der Waals surface area contributed by atoms with Gasteiger partial charge in [-0.3, -0.25) is 4.98 Å². The molecule has 0 aliphatic carbocycles. The summed E-state index contributed by atoms with van der Waals surface area (Å²) in [5, 5.41) is 3.17. The Hall–Kier alpha value is -1.83. The van der Waals surface area contributed by atoms with E-state index in [2.05, 4.69) is 36.4 Å². The Balaban J connectivity index is 2.47. The second kappa shape index (κ2) is 5.81. The van der Waals surface area contributed by atoms with E-state index in [9.17, 15) is 0 Å². The highest BCUT2D eigenvalue weighted by molar-refractivity contribution is 5.19. The van der Waals surface area contributed by atoms with Crippen LogP contribution in [0.1, 0.15) is 11.3 Å². The molecule has 1 aromatic heterocycles. The van der Waals surface area contributed by atoms with Crippen molar-refractivity contribution in [3.63, 3.8) is 0 Å². The fraction of sp³-hybridized carbons (Fsp3) is 0.154. The van der Waals surface area contributed by atoms with Gasteiger partial charge in [0.1, 0.15) is 0 Å². The van der Waals surface area contributed by atoms with E-state index in [1.54, 1.807) is 6.08 Å². The van der Waals surface area contributed by atoms with Gasteiger partial charge in [0.25, 0.3) is 0 Å². The molecule has 0 radical (unpaired) electrons. The molecule has 0 amide bonds. The quantitative estimate of drug-likeness (QED) is 0.739. The molecule has 0 bridgehead atoms. The van der Waals surface area contributed by atoms with Crippen LogP contribution < -0.4 is 5.32 Å². The Labute approximate surface area is 91.1 Å². The number of aromatic nitrogens is 1. The van der Waals surface area contributed by atoms with E-state index in [0.717, 1.165) is 11.4 Å². The van der Waals surface area contributed by atoms with Gasteiger partial charge in [-0.15, -0.1) is 0 Å². The summed E-state index contributed by atoms with van der Waals surface area (Å²) < 4.78 is 0. The number of hydrogen-bond acceptors (Lipinski definition) is 2. The third-order valence-corrected chi connectivity index (χ3v) is 1.90. The minimum absolute atomic E-state index is 0.696. The molecule has 0 saturated heterocycles. The summed E-state index contributed by atoms with van der Waals surface area (Å²) in [6.45, 7) is 10.2. The second-order valence-corrected chi connectivity index (χ2v) is 3.30. The van der Waals surface area contributed by atoms with Crippen molar-refractivity contribution in [2.75, 3.05) is 0 Å². The molecule has 15 heavy (non-hydrogen) atoms. The lowest BCUT2D eigenvalue weighted by molar-refractivity contribution is 0.807. The molecule has 78 valence electrons. The summed E-state index contributed by atoms with van der Waals surface area (Å²) in [6.07, 6.45) is 7.26. The van der Waals surface area contributed by atoms with E-state index in [0.29, 0.717) is 6.54 Å². The molecule has 0 aromatic carbocycles. The van der Waals surface area contributed by atoms with Gasteiger partial charge in [-0.05, 0) is 30.7 Å². The normalized spacial score (nSPS) is 10.2. The Kier molecular flexibility index (Phi) is 4.35. The van der Waals surface area contributed by atoms with Gasteiger partial charge in [0.2, 0.25) is 0 Å². The molecule has 0 aliphatic rings. The van der Waals surface area contributed by atoms with Crippen LogP contribution in [0.5, 0.6) is 0 Å². The molecule has 2 nitrogen and oxygen atoms in total. The standard InChI is InChI=1S/C13H16N2/c1-4-5-6-12(3)15-10-13-9-11(2)7-8-14-13/h4-9,15H,1,3,10H2,2H3/b6-5-. The number of allylic oxidation sites excluding steroid dienone is 3. The first kappa shape index (κ1) is 11.2. The van der Waals surface area contributed by atoms with E-state index in [1.165, 1.54) is 5.56 Å². The third-order valence-electron chi connectivity index (χ3n) is 1.90. The number of hydrogen-bond donors (Lipinski definition) is 1. The van der Waals surface area contributed by atoms with Gasteiger partial charge in [0, 0.05) is 11.9 Å². The highest BCUT2D eigenvalue weighted by Crippen LogP contribution is 2.00. The highest BCUT2D eigenvalue weighted by Gasteiger charge is 1.93. The van der Waals surface area contributed by atoms with Crippen LogP contribution in [0, 0.1) is 6.92 Å². The number of rotatable bonds is 5. The lowest BCUT2D eigenvalue weighted by atomic mass is 10.2. The molecule has 0 spiro atoms. The highest BCUT2D eigenvalue weighted by atomic mass is 14.9. The predicted molar refractivity (Wildman–Crippen MR) is 64.3 cm³/mol. The summed E-state index contributed by atoms with van der Waals surface area (Å²) in [7, 11) is 0. The lowest BCUT2D eigenvalue weighted by Gasteiger charge is -2.05. The molecular formula is C13H16N2. The van der Waals surface area contributed by atoms with E-state index in [-0.39, 0.29) is 0 Å². The van der Waals surface area contributed by atoms with Gasteiger partial charge in [-0.2, -0.15) is 0 Å². The Morgan fingerprint density at radius 3 is 3.07 bits per heavy atom. The first-order valence-electron chi connectivity index (χ1n) is 4.86. The van der Waals surface area contributed by atoms with Crippen LogP contribution >= 0.6 is 0 Å². The van der Waals surface area contributed by atoms with Crippen molar-refractivity contribution in [2.45, 2.75) is 13.5 Å². The largest absolute Gasteiger partial charge is 0.380 e. The molecule has 0 atom stereocenters. The number of nitrogens with one attached hydrogen (secondary N) is 1. The zero-order valence-electron chi connectivity index (χ0n) is 9.03. The van der Waals surface area contributed by atoms with Crippen LogP contribution in [0.2, 0.25) is 0 Å². The van der Waals surface area contributed by atoms with Crippen molar-refractivity contribution < 1.29 is 0 Å². The third kappa shape index (κ3) is 4.27. The van der Waals surface area contributed by atoms with Crippen molar-refractivity contribution in [2.24, 2.45) is 0 Å². The number of nitrogens with zero attached hydrogens (tertiary/aromatic N) is 1. The van der Waals surface area contributed by atoms with Gasteiger partial charge in [-0.1, -0.05) is 25.3 Å². The van der Waals surface area contributed by atoms with Gasteiger partial charge >= 0.3 is 0 Å². The maximum absolute atomic E-state index is 4.24. The minimum Gasteiger partial charge on any atom is -0.380 e. The molecule has 1 heterocycles. The Morgan fingerprint density at radius 2 is 2.40 bits per heavy atom. The summed E-state index contributed by atoms with van der Waals surface area (Å²) in [5.74, 6) is 0.